The van der Waals surface area contributed by atoms with Gasteiger partial charge in [0.25, 0.3) is 0 Å². The molecule has 0 aliphatic heterocycles. The van der Waals surface area contributed by atoms with Gasteiger partial charge in [0.2, 0.25) is 0 Å². The number of nitrogens with zero attached hydrogens (tertiary/aromatic N) is 2. The Hall–Kier alpha value is -1.64. The third kappa shape index (κ3) is 0.867. The summed E-state index contributed by atoms with van der Waals surface area (Å²) in [5.74, 6) is 0. The highest BCUT2D eigenvalue weighted by atomic mass is 15.1. The topological polar surface area (TPSA) is 41.6 Å². The first-order chi connectivity index (χ1) is 6.75. The van der Waals surface area contributed by atoms with Gasteiger partial charge in [0, 0.05) is 29.4 Å². The molecule has 1 aliphatic rings. The summed E-state index contributed by atoms with van der Waals surface area (Å²) < 4.78 is 0. The summed E-state index contributed by atoms with van der Waals surface area (Å²) in [7, 11) is 0. The van der Waals surface area contributed by atoms with Crippen molar-refractivity contribution in [3.8, 4) is 11.3 Å². The maximum atomic E-state index is 4.43. The van der Waals surface area contributed by atoms with E-state index in [0.717, 1.165) is 23.5 Å². The zero-order valence-electron chi connectivity index (χ0n) is 8.26. The van der Waals surface area contributed by atoms with E-state index in [4.69, 9.17) is 0 Å². The number of H-pyrrole nitrogens is 1. The lowest BCUT2D eigenvalue weighted by molar-refractivity contribution is 1.02. The first-order valence-corrected chi connectivity index (χ1v) is 4.75. The van der Waals surface area contributed by atoms with Gasteiger partial charge < -0.3 is 0 Å². The quantitative estimate of drug-likeness (QED) is 0.582. The van der Waals surface area contributed by atoms with Crippen LogP contribution in [0.25, 0.3) is 11.3 Å². The lowest BCUT2D eigenvalue weighted by Gasteiger charge is -1.98. The predicted octanol–water partition coefficient (Wildman–Crippen LogP) is 1.99. The number of hydrogen-bond donors (Lipinski definition) is 1. The molecule has 1 aliphatic carbocycles. The average molecular weight is 185 g/mol. The van der Waals surface area contributed by atoms with Gasteiger partial charge in [-0.2, -0.15) is 5.10 Å². The van der Waals surface area contributed by atoms with E-state index < -0.39 is 0 Å². The normalized spacial score (nSPS) is 12.7. The molecular weight excluding hydrogens is 174 g/mol. The molecule has 0 radical (unpaired) electrons. The van der Waals surface area contributed by atoms with Gasteiger partial charge in [0.1, 0.15) is 0 Å². The van der Waals surface area contributed by atoms with Gasteiger partial charge in [0.15, 0.2) is 0 Å². The first-order valence-electron chi connectivity index (χ1n) is 4.75. The molecule has 14 heavy (non-hydrogen) atoms. The molecule has 1 N–H and O–H groups in total. The summed E-state index contributed by atoms with van der Waals surface area (Å²) in [5, 5.41) is 7.34. The Morgan fingerprint density at radius 2 is 2.21 bits per heavy atom. The molecule has 3 heteroatoms. The third-order valence-corrected chi connectivity index (χ3v) is 2.78. The lowest BCUT2D eigenvalue weighted by Crippen LogP contribution is -1.89. The molecule has 0 saturated heterocycles. The maximum Gasteiger partial charge on any atom is 0.0977 e. The van der Waals surface area contributed by atoms with Gasteiger partial charge in [-0.25, -0.2) is 0 Å². The van der Waals surface area contributed by atoms with E-state index in [2.05, 4.69) is 35.1 Å². The fourth-order valence-electron chi connectivity index (χ4n) is 2.00. The van der Waals surface area contributed by atoms with Crippen molar-refractivity contribution >= 4 is 0 Å². The molecule has 3 rings (SSSR count). The Morgan fingerprint density at radius 3 is 3.07 bits per heavy atom. The number of aromatic amines is 1. The molecule has 0 aromatic carbocycles. The van der Waals surface area contributed by atoms with E-state index in [1.165, 1.54) is 16.7 Å². The number of aryl methyl sites for hydroxylation is 2. The van der Waals surface area contributed by atoms with Crippen LogP contribution in [0.5, 0.6) is 0 Å². The van der Waals surface area contributed by atoms with E-state index in [1.807, 2.05) is 6.20 Å². The minimum absolute atomic E-state index is 0.924. The lowest BCUT2D eigenvalue weighted by atomic mass is 10.1. The Kier molecular flexibility index (Phi) is 1.35. The summed E-state index contributed by atoms with van der Waals surface area (Å²) in [6, 6.07) is 2.16. The Bertz CT molecular complexity index is 511. The molecule has 2 aromatic heterocycles. The van der Waals surface area contributed by atoms with E-state index in [-0.39, 0.29) is 0 Å². The van der Waals surface area contributed by atoms with Crippen LogP contribution in [0.15, 0.2) is 12.3 Å². The fourth-order valence-corrected chi connectivity index (χ4v) is 2.00. The summed E-state index contributed by atoms with van der Waals surface area (Å²) in [6.45, 7) is 4.12. The molecule has 0 unspecified atom stereocenters. The Morgan fingerprint density at radius 1 is 1.36 bits per heavy atom. The van der Waals surface area contributed by atoms with E-state index in [0.29, 0.717) is 0 Å². The van der Waals surface area contributed by atoms with Crippen LogP contribution in [0.1, 0.15) is 22.5 Å². The van der Waals surface area contributed by atoms with E-state index in [1.54, 1.807) is 0 Å². The molecule has 0 atom stereocenters. The third-order valence-electron chi connectivity index (χ3n) is 2.78. The van der Waals surface area contributed by atoms with Crippen LogP contribution in [0.2, 0.25) is 0 Å². The number of aromatic nitrogens is 3. The second-order valence-corrected chi connectivity index (χ2v) is 3.86. The highest BCUT2D eigenvalue weighted by Crippen LogP contribution is 2.35. The van der Waals surface area contributed by atoms with Crippen LogP contribution in [-0.2, 0) is 6.42 Å². The van der Waals surface area contributed by atoms with Crippen LogP contribution < -0.4 is 0 Å². The van der Waals surface area contributed by atoms with E-state index in [9.17, 15) is 0 Å². The summed E-state index contributed by atoms with van der Waals surface area (Å²) in [5.41, 5.74) is 7.11. The number of rotatable bonds is 0. The van der Waals surface area contributed by atoms with Crippen molar-refractivity contribution in [1.29, 1.82) is 0 Å². The zero-order chi connectivity index (χ0) is 9.71. The summed E-state index contributed by atoms with van der Waals surface area (Å²) in [6.07, 6.45) is 2.84. The van der Waals surface area contributed by atoms with Crippen molar-refractivity contribution < 1.29 is 0 Å². The molecule has 0 saturated carbocycles. The highest BCUT2D eigenvalue weighted by molar-refractivity contribution is 5.72. The van der Waals surface area contributed by atoms with Crippen LogP contribution in [0, 0.1) is 13.8 Å². The summed E-state index contributed by atoms with van der Waals surface area (Å²) >= 11 is 0. The first kappa shape index (κ1) is 7.74. The van der Waals surface area contributed by atoms with Crippen LogP contribution in [-0.4, -0.2) is 15.2 Å². The second-order valence-electron chi connectivity index (χ2n) is 3.86. The highest BCUT2D eigenvalue weighted by Gasteiger charge is 2.23. The molecule has 2 aromatic rings. The molecule has 70 valence electrons. The Balaban J connectivity index is 2.29. The molecule has 0 amide bonds. The van der Waals surface area contributed by atoms with Crippen LogP contribution in [0.4, 0.5) is 0 Å². The summed E-state index contributed by atoms with van der Waals surface area (Å²) in [4.78, 5) is 4.43. The van der Waals surface area contributed by atoms with Crippen LogP contribution >= 0.6 is 0 Å². The van der Waals surface area contributed by atoms with Gasteiger partial charge in [-0.05, 0) is 25.5 Å². The maximum absolute atomic E-state index is 4.43. The fraction of sp³-hybridized carbons (Fsp3) is 0.273. The number of pyridine rings is 1. The van der Waals surface area contributed by atoms with Crippen molar-refractivity contribution in [2.45, 2.75) is 20.3 Å². The monoisotopic (exact) mass is 185 g/mol. The van der Waals surface area contributed by atoms with Gasteiger partial charge >= 0.3 is 0 Å². The molecule has 0 spiro atoms. The van der Waals surface area contributed by atoms with Gasteiger partial charge in [-0.3, -0.25) is 10.1 Å². The zero-order valence-corrected chi connectivity index (χ0v) is 8.26. The van der Waals surface area contributed by atoms with Crippen molar-refractivity contribution in [3.05, 3.63) is 34.8 Å². The predicted molar refractivity (Wildman–Crippen MR) is 54.1 cm³/mol. The van der Waals surface area contributed by atoms with Crippen molar-refractivity contribution in [1.82, 2.24) is 15.2 Å². The minimum atomic E-state index is 0.924. The second kappa shape index (κ2) is 2.44. The number of fused-ring (bicyclic) bond motifs is 3. The molecular formula is C11H11N3. The van der Waals surface area contributed by atoms with Gasteiger partial charge in [-0.1, -0.05) is 0 Å². The molecule has 0 bridgehead atoms. The Labute approximate surface area is 82.2 Å². The number of hydrogen-bond acceptors (Lipinski definition) is 2. The smallest absolute Gasteiger partial charge is 0.0977 e. The van der Waals surface area contributed by atoms with E-state index >= 15 is 0 Å². The van der Waals surface area contributed by atoms with Crippen molar-refractivity contribution in [2.75, 3.05) is 0 Å². The molecule has 3 nitrogen and oxygen atoms in total. The molecule has 0 fully saturated rings. The number of nitrogens with one attached hydrogen (secondary N) is 1. The average Bonchev–Trinajstić information content (AvgIpc) is 2.67. The standard InChI is InChI=1S/C11H11N3/c1-6-3-9-10(12-5-6)4-8-7(2)13-14-11(8)9/h3,5H,4H2,1-2H3,(H,13,14). The van der Waals surface area contributed by atoms with Gasteiger partial charge in [0.05, 0.1) is 11.4 Å². The largest absolute Gasteiger partial charge is 0.282 e. The van der Waals surface area contributed by atoms with Crippen molar-refractivity contribution in [2.24, 2.45) is 0 Å². The van der Waals surface area contributed by atoms with Gasteiger partial charge in [-0.15, -0.1) is 0 Å². The van der Waals surface area contributed by atoms with Crippen LogP contribution in [0.3, 0.4) is 0 Å². The minimum Gasteiger partial charge on any atom is -0.282 e. The molecule has 2 heterocycles. The SMILES string of the molecule is Cc1cnc2c(c1)-c1n[nH]c(C)c1C2. The van der Waals surface area contributed by atoms with Crippen molar-refractivity contribution in [3.63, 3.8) is 0 Å².